The molecule has 0 spiro atoms. The predicted octanol–water partition coefficient (Wildman–Crippen LogP) is 5.68. The number of allylic oxidation sites excluding steroid dienone is 3. The van der Waals surface area contributed by atoms with E-state index in [0.717, 1.165) is 33.7 Å². The second-order valence-electron chi connectivity index (χ2n) is 7.19. The maximum absolute atomic E-state index is 12.4. The molecule has 1 aliphatic heterocycles. The molecular formula is C27H34N2O2. The summed E-state index contributed by atoms with van der Waals surface area (Å²) in [5.41, 5.74) is 6.32. The van der Waals surface area contributed by atoms with Gasteiger partial charge in [0.05, 0.1) is 19.6 Å². The summed E-state index contributed by atoms with van der Waals surface area (Å²) >= 11 is 0. The number of aliphatic imine (C=N–C) groups is 1. The summed E-state index contributed by atoms with van der Waals surface area (Å²) in [6.07, 6.45) is 4.07. The van der Waals surface area contributed by atoms with Crippen LogP contribution in [0.5, 0.6) is 0 Å². The van der Waals surface area contributed by atoms with Crippen LogP contribution in [-0.2, 0) is 16.0 Å². The molecule has 0 aliphatic carbocycles. The number of ether oxygens (including phenoxy) is 1. The van der Waals surface area contributed by atoms with Crippen molar-refractivity contribution in [3.05, 3.63) is 84.1 Å². The Balaban J connectivity index is 0.00000166. The highest BCUT2D eigenvalue weighted by Gasteiger charge is 2.16. The number of carbonyl (C=O) groups is 1. The van der Waals surface area contributed by atoms with Crippen molar-refractivity contribution in [2.24, 2.45) is 4.99 Å². The van der Waals surface area contributed by atoms with E-state index in [9.17, 15) is 4.79 Å². The summed E-state index contributed by atoms with van der Waals surface area (Å²) < 4.78 is 5.31. The topological polar surface area (TPSA) is 41.9 Å². The quantitative estimate of drug-likeness (QED) is 0.447. The summed E-state index contributed by atoms with van der Waals surface area (Å²) in [7, 11) is 0. The lowest BCUT2D eigenvalue weighted by atomic mass is 10.0. The Labute approximate surface area is 187 Å². The summed E-state index contributed by atoms with van der Waals surface area (Å²) in [6.45, 7) is 14.3. The molecule has 2 aromatic carbocycles. The van der Waals surface area contributed by atoms with Gasteiger partial charge in [-0.15, -0.1) is 0 Å². The number of rotatable bonds is 6. The minimum atomic E-state index is 0.168. The van der Waals surface area contributed by atoms with Gasteiger partial charge in [0.25, 0.3) is 0 Å². The summed E-state index contributed by atoms with van der Waals surface area (Å²) in [6, 6.07) is 16.6. The Bertz CT molecular complexity index is 903. The van der Waals surface area contributed by atoms with Crippen molar-refractivity contribution in [3.8, 4) is 11.1 Å². The van der Waals surface area contributed by atoms with Gasteiger partial charge < -0.3 is 9.64 Å². The highest BCUT2D eigenvalue weighted by Crippen LogP contribution is 2.21. The lowest BCUT2D eigenvalue weighted by Gasteiger charge is -2.26. The van der Waals surface area contributed by atoms with Crippen LogP contribution in [0.3, 0.4) is 0 Å². The number of hydrogen-bond donors (Lipinski definition) is 0. The fraction of sp³-hybridized carbons (Fsp3) is 0.333. The van der Waals surface area contributed by atoms with Gasteiger partial charge in [-0.05, 0) is 42.2 Å². The third kappa shape index (κ3) is 7.34. The van der Waals surface area contributed by atoms with Gasteiger partial charge in [-0.3, -0.25) is 9.79 Å². The van der Waals surface area contributed by atoms with Crippen LogP contribution in [0.1, 0.15) is 38.8 Å². The monoisotopic (exact) mass is 418 g/mol. The fourth-order valence-corrected chi connectivity index (χ4v) is 3.36. The molecule has 0 saturated carbocycles. The average molecular weight is 419 g/mol. The Morgan fingerprint density at radius 1 is 1.00 bits per heavy atom. The Kier molecular flexibility index (Phi) is 9.92. The molecule has 31 heavy (non-hydrogen) atoms. The molecule has 1 heterocycles. The van der Waals surface area contributed by atoms with Crippen molar-refractivity contribution in [1.82, 2.24) is 4.90 Å². The zero-order valence-corrected chi connectivity index (χ0v) is 19.2. The number of benzene rings is 2. The molecule has 1 aliphatic rings. The first-order valence-electron chi connectivity index (χ1n) is 11.0. The molecule has 4 nitrogen and oxygen atoms in total. The van der Waals surface area contributed by atoms with Crippen LogP contribution in [0.4, 0.5) is 0 Å². The van der Waals surface area contributed by atoms with E-state index in [-0.39, 0.29) is 5.91 Å². The standard InChI is InChI=1S/C25H28N2O2.C2H6/c1-4-5-19(2)26-20(3)22-10-12-24(13-11-22)23-8-6-21(7-9-23)18-25(28)27-14-16-29-17-15-27;1-2/h4-13H,1,14-18H2,2-3H3;1-2H3/b19-5+,26-20?;. The second-order valence-corrected chi connectivity index (χ2v) is 7.19. The van der Waals surface area contributed by atoms with Gasteiger partial charge in [0.15, 0.2) is 0 Å². The molecule has 4 heteroatoms. The van der Waals surface area contributed by atoms with E-state index < -0.39 is 0 Å². The first kappa shape index (κ1) is 24.3. The second kappa shape index (κ2) is 12.7. The molecule has 0 N–H and O–H groups in total. The van der Waals surface area contributed by atoms with E-state index in [2.05, 4.69) is 48.0 Å². The number of amides is 1. The Hall–Kier alpha value is -2.98. The van der Waals surface area contributed by atoms with Gasteiger partial charge in [-0.1, -0.05) is 75.0 Å². The number of carbonyl (C=O) groups excluding carboxylic acids is 1. The summed E-state index contributed by atoms with van der Waals surface area (Å²) in [5.74, 6) is 0.168. The van der Waals surface area contributed by atoms with Crippen molar-refractivity contribution < 1.29 is 9.53 Å². The molecule has 0 bridgehead atoms. The third-order valence-corrected chi connectivity index (χ3v) is 5.01. The van der Waals surface area contributed by atoms with Crippen LogP contribution in [0.2, 0.25) is 0 Å². The molecule has 164 valence electrons. The molecule has 3 rings (SSSR count). The van der Waals surface area contributed by atoms with Gasteiger partial charge in [-0.2, -0.15) is 0 Å². The van der Waals surface area contributed by atoms with Crippen molar-refractivity contribution >= 4 is 11.6 Å². The van der Waals surface area contributed by atoms with E-state index in [4.69, 9.17) is 4.74 Å². The van der Waals surface area contributed by atoms with Crippen LogP contribution in [-0.4, -0.2) is 42.8 Å². The van der Waals surface area contributed by atoms with Crippen LogP contribution in [0, 0.1) is 0 Å². The largest absolute Gasteiger partial charge is 0.378 e. The van der Waals surface area contributed by atoms with Crippen LogP contribution >= 0.6 is 0 Å². The summed E-state index contributed by atoms with van der Waals surface area (Å²) in [4.78, 5) is 18.9. The number of hydrogen-bond acceptors (Lipinski definition) is 3. The SMILES string of the molecule is C=C/C=C(\C)N=C(C)c1ccc(-c2ccc(CC(=O)N3CCOCC3)cc2)cc1.CC. The Morgan fingerprint density at radius 2 is 1.55 bits per heavy atom. The van der Waals surface area contributed by atoms with Gasteiger partial charge >= 0.3 is 0 Å². The number of nitrogens with zero attached hydrogens (tertiary/aromatic N) is 2. The van der Waals surface area contributed by atoms with Crippen LogP contribution in [0.25, 0.3) is 11.1 Å². The molecule has 0 atom stereocenters. The van der Waals surface area contributed by atoms with Gasteiger partial charge in [0, 0.05) is 24.5 Å². The minimum absolute atomic E-state index is 0.168. The van der Waals surface area contributed by atoms with E-state index >= 15 is 0 Å². The molecule has 0 aromatic heterocycles. The zero-order valence-electron chi connectivity index (χ0n) is 19.2. The van der Waals surface area contributed by atoms with E-state index in [1.54, 1.807) is 6.08 Å². The normalized spacial score (nSPS) is 14.5. The number of morpholine rings is 1. The first-order valence-corrected chi connectivity index (χ1v) is 11.0. The maximum Gasteiger partial charge on any atom is 0.227 e. The maximum atomic E-state index is 12.4. The van der Waals surface area contributed by atoms with Crippen LogP contribution in [0.15, 0.2) is 78.0 Å². The fourth-order valence-electron chi connectivity index (χ4n) is 3.36. The molecular weight excluding hydrogens is 384 g/mol. The third-order valence-electron chi connectivity index (χ3n) is 5.01. The molecule has 0 radical (unpaired) electrons. The van der Waals surface area contributed by atoms with Crippen molar-refractivity contribution in [1.29, 1.82) is 0 Å². The first-order chi connectivity index (χ1) is 15.1. The molecule has 0 unspecified atom stereocenters. The minimum Gasteiger partial charge on any atom is -0.378 e. The van der Waals surface area contributed by atoms with E-state index in [1.807, 2.05) is 50.8 Å². The van der Waals surface area contributed by atoms with Crippen molar-refractivity contribution in [2.75, 3.05) is 26.3 Å². The molecule has 1 fully saturated rings. The molecule has 1 amide bonds. The lowest BCUT2D eigenvalue weighted by Crippen LogP contribution is -2.41. The lowest BCUT2D eigenvalue weighted by molar-refractivity contribution is -0.134. The van der Waals surface area contributed by atoms with E-state index in [1.165, 1.54) is 0 Å². The van der Waals surface area contributed by atoms with E-state index in [0.29, 0.717) is 32.7 Å². The van der Waals surface area contributed by atoms with Gasteiger partial charge in [-0.25, -0.2) is 0 Å². The van der Waals surface area contributed by atoms with Crippen molar-refractivity contribution in [3.63, 3.8) is 0 Å². The highest BCUT2D eigenvalue weighted by atomic mass is 16.5. The summed E-state index contributed by atoms with van der Waals surface area (Å²) in [5, 5.41) is 0. The molecule has 2 aromatic rings. The molecule has 1 saturated heterocycles. The Morgan fingerprint density at radius 3 is 2.10 bits per heavy atom. The van der Waals surface area contributed by atoms with Crippen LogP contribution < -0.4 is 0 Å². The van der Waals surface area contributed by atoms with Gasteiger partial charge in [0.2, 0.25) is 5.91 Å². The zero-order chi connectivity index (χ0) is 22.6. The van der Waals surface area contributed by atoms with Crippen molar-refractivity contribution in [2.45, 2.75) is 34.1 Å². The smallest absolute Gasteiger partial charge is 0.227 e. The van der Waals surface area contributed by atoms with Gasteiger partial charge in [0.1, 0.15) is 0 Å². The average Bonchev–Trinajstić information content (AvgIpc) is 2.81. The predicted molar refractivity (Wildman–Crippen MR) is 130 cm³/mol. The highest BCUT2D eigenvalue weighted by molar-refractivity contribution is 5.99.